The smallest absolute Gasteiger partial charge is 0.325 e. The van der Waals surface area contributed by atoms with Crippen LogP contribution in [0.5, 0.6) is 0 Å². The van der Waals surface area contributed by atoms with Gasteiger partial charge < -0.3 is 20.2 Å². The van der Waals surface area contributed by atoms with Crippen LogP contribution < -0.4 is 10.6 Å². The first-order valence-corrected chi connectivity index (χ1v) is 7.83. The molecule has 0 fully saturated rings. The molecule has 0 radical (unpaired) electrons. The van der Waals surface area contributed by atoms with Crippen molar-refractivity contribution in [3.63, 3.8) is 0 Å². The Morgan fingerprint density at radius 3 is 2.74 bits per heavy atom. The van der Waals surface area contributed by atoms with E-state index in [4.69, 9.17) is 9.52 Å². The van der Waals surface area contributed by atoms with Gasteiger partial charge in [-0.3, -0.25) is 23.7 Å². The summed E-state index contributed by atoms with van der Waals surface area (Å²) in [4.78, 5) is 35.4. The van der Waals surface area contributed by atoms with Crippen LogP contribution in [-0.4, -0.2) is 42.5 Å². The van der Waals surface area contributed by atoms with E-state index >= 15 is 0 Å². The molecule has 3 aromatic rings. The van der Waals surface area contributed by atoms with E-state index in [-0.39, 0.29) is 30.2 Å². The van der Waals surface area contributed by atoms with E-state index in [2.05, 4.69) is 20.8 Å². The highest BCUT2D eigenvalue weighted by atomic mass is 16.4. The molecule has 0 bridgehead atoms. The summed E-state index contributed by atoms with van der Waals surface area (Å²) in [7, 11) is 1.61. The minimum atomic E-state index is -1.08. The molecule has 3 heterocycles. The fourth-order valence-corrected chi connectivity index (χ4v) is 2.31. The minimum Gasteiger partial charge on any atom is -0.480 e. The summed E-state index contributed by atoms with van der Waals surface area (Å²) in [5, 5.41) is 21.9. The Hall–Kier alpha value is -3.89. The number of carbonyl (C=O) groups is 3. The summed E-state index contributed by atoms with van der Waals surface area (Å²) in [6.45, 7) is -0.185. The number of rotatable bonds is 7. The van der Waals surface area contributed by atoms with Crippen LogP contribution in [0, 0.1) is 0 Å². The number of carbonyl (C=O) groups excluding carboxylic acids is 2. The molecule has 0 saturated carbocycles. The first kappa shape index (κ1) is 17.9. The number of nitrogens with one attached hydrogen (secondary N) is 2. The van der Waals surface area contributed by atoms with Crippen molar-refractivity contribution in [1.82, 2.24) is 24.9 Å². The fourth-order valence-electron chi connectivity index (χ4n) is 2.31. The monoisotopic (exact) mass is 372 g/mol. The van der Waals surface area contributed by atoms with Crippen LogP contribution in [0.2, 0.25) is 0 Å². The van der Waals surface area contributed by atoms with Gasteiger partial charge in [0.1, 0.15) is 12.3 Å². The van der Waals surface area contributed by atoms with Gasteiger partial charge in [-0.15, -0.1) is 0 Å². The zero-order valence-electron chi connectivity index (χ0n) is 14.2. The molecule has 11 heteroatoms. The molecule has 3 N–H and O–H groups in total. The van der Waals surface area contributed by atoms with Crippen LogP contribution >= 0.6 is 0 Å². The molecule has 0 aliphatic rings. The van der Waals surface area contributed by atoms with Gasteiger partial charge in [-0.1, -0.05) is 0 Å². The lowest BCUT2D eigenvalue weighted by molar-refractivity contribution is -0.137. The molecule has 11 nitrogen and oxygen atoms in total. The Kier molecular flexibility index (Phi) is 5.01. The van der Waals surface area contributed by atoms with Crippen molar-refractivity contribution in [1.29, 1.82) is 0 Å². The lowest BCUT2D eigenvalue weighted by Crippen LogP contribution is -2.25. The van der Waals surface area contributed by atoms with Crippen LogP contribution in [0.1, 0.15) is 26.7 Å². The Morgan fingerprint density at radius 1 is 1.22 bits per heavy atom. The zero-order valence-corrected chi connectivity index (χ0v) is 14.2. The predicted molar refractivity (Wildman–Crippen MR) is 90.9 cm³/mol. The SMILES string of the molecule is Cn1cc(NC(=O)c2ccn(CC(=O)O)n2)c(C(=O)NCc2ccco2)n1. The van der Waals surface area contributed by atoms with Crippen molar-refractivity contribution in [2.45, 2.75) is 13.1 Å². The summed E-state index contributed by atoms with van der Waals surface area (Å²) < 4.78 is 7.66. The van der Waals surface area contributed by atoms with Crippen LogP contribution in [0.15, 0.2) is 41.3 Å². The minimum absolute atomic E-state index is 0.0158. The molecular weight excluding hydrogens is 356 g/mol. The van der Waals surface area contributed by atoms with Crippen molar-refractivity contribution < 1.29 is 23.9 Å². The number of carboxylic acids is 1. The van der Waals surface area contributed by atoms with Gasteiger partial charge in [-0.05, 0) is 18.2 Å². The number of anilines is 1. The second-order valence-corrected chi connectivity index (χ2v) is 5.57. The zero-order chi connectivity index (χ0) is 19.4. The van der Waals surface area contributed by atoms with E-state index in [0.717, 1.165) is 4.68 Å². The molecule has 0 unspecified atom stereocenters. The lowest BCUT2D eigenvalue weighted by Gasteiger charge is -2.04. The maximum Gasteiger partial charge on any atom is 0.325 e. The summed E-state index contributed by atoms with van der Waals surface area (Å²) >= 11 is 0. The summed E-state index contributed by atoms with van der Waals surface area (Å²) in [6.07, 6.45) is 4.36. The Balaban J connectivity index is 1.69. The Labute approximate surface area is 152 Å². The Bertz CT molecular complexity index is 972. The highest BCUT2D eigenvalue weighted by Gasteiger charge is 2.20. The second-order valence-electron chi connectivity index (χ2n) is 5.57. The maximum atomic E-state index is 12.4. The van der Waals surface area contributed by atoms with E-state index in [1.54, 1.807) is 19.2 Å². The average Bonchev–Trinajstić information content (AvgIpc) is 3.33. The van der Waals surface area contributed by atoms with Gasteiger partial charge in [0, 0.05) is 19.4 Å². The van der Waals surface area contributed by atoms with E-state index in [9.17, 15) is 14.4 Å². The first-order valence-electron chi connectivity index (χ1n) is 7.83. The van der Waals surface area contributed by atoms with Crippen LogP contribution in [0.25, 0.3) is 0 Å². The van der Waals surface area contributed by atoms with Crippen LogP contribution in [-0.2, 0) is 24.9 Å². The number of aromatic nitrogens is 4. The number of furan rings is 1. The number of aryl methyl sites for hydroxylation is 1. The van der Waals surface area contributed by atoms with Gasteiger partial charge in [-0.25, -0.2) is 0 Å². The summed E-state index contributed by atoms with van der Waals surface area (Å²) in [5.41, 5.74) is 0.247. The standard InChI is InChI=1S/C16H16N6O5/c1-21-8-12(14(20-21)16(26)17-7-10-3-2-6-27-10)18-15(25)11-4-5-22(19-11)9-13(23)24/h2-6,8H,7,9H2,1H3,(H,17,26)(H,18,25)(H,23,24). The number of nitrogens with zero attached hydrogens (tertiary/aromatic N) is 4. The van der Waals surface area contributed by atoms with Crippen LogP contribution in [0.4, 0.5) is 5.69 Å². The van der Waals surface area contributed by atoms with Crippen molar-refractivity contribution in [3.8, 4) is 0 Å². The molecule has 3 aromatic heterocycles. The number of aliphatic carboxylic acids is 1. The fraction of sp³-hybridized carbons (Fsp3) is 0.188. The van der Waals surface area contributed by atoms with Crippen molar-refractivity contribution in [3.05, 3.63) is 54.0 Å². The number of amides is 2. The summed E-state index contributed by atoms with van der Waals surface area (Å²) in [6, 6.07) is 4.80. The van der Waals surface area contributed by atoms with Gasteiger partial charge in [-0.2, -0.15) is 10.2 Å². The van der Waals surface area contributed by atoms with Gasteiger partial charge >= 0.3 is 5.97 Å². The maximum absolute atomic E-state index is 12.4. The van der Waals surface area contributed by atoms with Crippen molar-refractivity contribution in [2.24, 2.45) is 7.05 Å². The summed E-state index contributed by atoms with van der Waals surface area (Å²) in [5.74, 6) is -1.58. The molecule has 2 amide bonds. The average molecular weight is 372 g/mol. The molecule has 0 saturated heterocycles. The normalized spacial score (nSPS) is 10.6. The first-order chi connectivity index (χ1) is 12.9. The van der Waals surface area contributed by atoms with Crippen LogP contribution in [0.3, 0.4) is 0 Å². The molecule has 140 valence electrons. The largest absolute Gasteiger partial charge is 0.480 e. The van der Waals surface area contributed by atoms with Crippen molar-refractivity contribution in [2.75, 3.05) is 5.32 Å². The molecule has 0 aromatic carbocycles. The number of hydrogen-bond donors (Lipinski definition) is 3. The van der Waals surface area contributed by atoms with Gasteiger partial charge in [0.05, 0.1) is 18.5 Å². The van der Waals surface area contributed by atoms with Crippen molar-refractivity contribution >= 4 is 23.5 Å². The van der Waals surface area contributed by atoms with E-state index in [1.807, 2.05) is 0 Å². The third kappa shape index (κ3) is 4.39. The third-order valence-corrected chi connectivity index (χ3v) is 3.47. The molecular formula is C16H16N6O5. The predicted octanol–water partition coefficient (Wildman–Crippen LogP) is 0.476. The molecule has 0 spiro atoms. The topological polar surface area (TPSA) is 144 Å². The van der Waals surface area contributed by atoms with Gasteiger partial charge in [0.25, 0.3) is 11.8 Å². The number of hydrogen-bond acceptors (Lipinski definition) is 6. The van der Waals surface area contributed by atoms with Gasteiger partial charge in [0.2, 0.25) is 0 Å². The van der Waals surface area contributed by atoms with E-state index < -0.39 is 17.8 Å². The highest BCUT2D eigenvalue weighted by molar-refractivity contribution is 6.07. The molecule has 0 atom stereocenters. The quantitative estimate of drug-likeness (QED) is 0.547. The number of carboxylic acid groups (broad SMARTS) is 1. The van der Waals surface area contributed by atoms with E-state index in [0.29, 0.717) is 5.76 Å². The highest BCUT2D eigenvalue weighted by Crippen LogP contribution is 2.15. The molecule has 0 aliphatic carbocycles. The second kappa shape index (κ2) is 7.56. The van der Waals surface area contributed by atoms with Gasteiger partial charge in [0.15, 0.2) is 11.4 Å². The molecule has 0 aliphatic heterocycles. The lowest BCUT2D eigenvalue weighted by atomic mass is 10.3. The van der Waals surface area contributed by atoms with E-state index in [1.165, 1.54) is 29.4 Å². The third-order valence-electron chi connectivity index (χ3n) is 3.47. The molecule has 27 heavy (non-hydrogen) atoms. The molecule has 3 rings (SSSR count). The Morgan fingerprint density at radius 2 is 2.04 bits per heavy atom.